The highest BCUT2D eigenvalue weighted by atomic mass is 35.5. The number of hydrogen-bond acceptors (Lipinski definition) is 6. The van der Waals surface area contributed by atoms with Crippen LogP contribution in [0, 0.1) is 34.5 Å². The average Bonchev–Trinajstić information content (AvgIpc) is 2.84. The number of nitrogens with one attached hydrogen (secondary N) is 1. The van der Waals surface area contributed by atoms with Gasteiger partial charge in [-0.1, -0.05) is 32.4 Å². The summed E-state index contributed by atoms with van der Waals surface area (Å²) in [6.45, 7) is 9.12. The molecule has 0 radical (unpaired) electrons. The molecule has 202 valence electrons. The summed E-state index contributed by atoms with van der Waals surface area (Å²) in [5, 5.41) is 24.8. The van der Waals surface area contributed by atoms with Gasteiger partial charge >= 0.3 is 5.97 Å². The van der Waals surface area contributed by atoms with Crippen LogP contribution in [0.5, 0.6) is 0 Å². The van der Waals surface area contributed by atoms with Gasteiger partial charge in [0, 0.05) is 37.4 Å². The van der Waals surface area contributed by atoms with E-state index in [2.05, 4.69) is 26.1 Å². The molecule has 0 bridgehead atoms. The van der Waals surface area contributed by atoms with Gasteiger partial charge < -0.3 is 25.0 Å². The zero-order valence-corrected chi connectivity index (χ0v) is 23.4. The van der Waals surface area contributed by atoms with Gasteiger partial charge in [-0.05, 0) is 92.2 Å². The standard InChI is InChI=1S/C29H44ClNO5/c1-17-20(11-14-32)27(2)12-9-23-28(3,24(27)16-22(17)35-6)13-10-25(33)29(23,4)36-26(34)19-15-18(30)7-8-21(19)31-5/h7-8,15,17,20,22-25,31-33H,9-14,16H2,1-6H3/t17-,20-,22-,23?,24?,25-,27-,28-,29-/m0/s1. The average molecular weight is 522 g/mol. The van der Waals surface area contributed by atoms with Crippen LogP contribution < -0.4 is 5.32 Å². The van der Waals surface area contributed by atoms with E-state index < -0.39 is 17.7 Å². The van der Waals surface area contributed by atoms with Crippen molar-refractivity contribution < 1.29 is 24.5 Å². The number of esters is 1. The Hall–Kier alpha value is -1.34. The van der Waals surface area contributed by atoms with E-state index in [1.807, 2.05) is 6.92 Å². The van der Waals surface area contributed by atoms with E-state index in [1.165, 1.54) is 0 Å². The smallest absolute Gasteiger partial charge is 0.340 e. The van der Waals surface area contributed by atoms with Gasteiger partial charge in [0.05, 0.1) is 17.8 Å². The number of methoxy groups -OCH3 is 1. The van der Waals surface area contributed by atoms with Gasteiger partial charge in [-0.3, -0.25) is 0 Å². The van der Waals surface area contributed by atoms with E-state index in [9.17, 15) is 15.0 Å². The fourth-order valence-corrected chi connectivity index (χ4v) is 9.01. The molecule has 2 unspecified atom stereocenters. The van der Waals surface area contributed by atoms with Gasteiger partial charge in [-0.15, -0.1) is 0 Å². The zero-order chi connectivity index (χ0) is 26.5. The Morgan fingerprint density at radius 2 is 1.86 bits per heavy atom. The van der Waals surface area contributed by atoms with E-state index in [0.29, 0.717) is 40.4 Å². The Morgan fingerprint density at radius 1 is 1.17 bits per heavy atom. The third-order valence-corrected chi connectivity index (χ3v) is 11.0. The molecule has 3 N–H and O–H groups in total. The number of carbonyl (C=O) groups excluding carboxylic acids is 1. The summed E-state index contributed by atoms with van der Waals surface area (Å²) in [4.78, 5) is 13.5. The van der Waals surface area contributed by atoms with Crippen molar-refractivity contribution in [2.45, 2.75) is 84.0 Å². The van der Waals surface area contributed by atoms with Crippen LogP contribution >= 0.6 is 11.6 Å². The fraction of sp³-hybridized carbons (Fsp3) is 0.759. The minimum atomic E-state index is -1.02. The molecule has 36 heavy (non-hydrogen) atoms. The number of hydrogen-bond donors (Lipinski definition) is 3. The van der Waals surface area contributed by atoms with E-state index in [1.54, 1.807) is 32.4 Å². The maximum Gasteiger partial charge on any atom is 0.340 e. The first-order chi connectivity index (χ1) is 17.0. The molecule has 3 aliphatic rings. The number of aliphatic hydroxyl groups excluding tert-OH is 2. The van der Waals surface area contributed by atoms with Crippen LogP contribution in [-0.2, 0) is 9.47 Å². The zero-order valence-electron chi connectivity index (χ0n) is 22.6. The van der Waals surface area contributed by atoms with Gasteiger partial charge in [0.2, 0.25) is 0 Å². The molecule has 0 spiro atoms. The van der Waals surface area contributed by atoms with Gasteiger partial charge in [0.15, 0.2) is 0 Å². The second-order valence-corrected chi connectivity index (χ2v) is 12.6. The lowest BCUT2D eigenvalue weighted by Gasteiger charge is -2.67. The third kappa shape index (κ3) is 4.26. The Labute approximate surface area is 221 Å². The van der Waals surface area contributed by atoms with E-state index in [0.717, 1.165) is 32.1 Å². The Kier molecular flexibility index (Phi) is 7.76. The molecular weight excluding hydrogens is 478 g/mol. The lowest BCUT2D eigenvalue weighted by Crippen LogP contribution is -2.67. The van der Waals surface area contributed by atoms with Crippen molar-refractivity contribution in [3.05, 3.63) is 28.8 Å². The maximum absolute atomic E-state index is 13.5. The fourth-order valence-electron chi connectivity index (χ4n) is 8.84. The lowest BCUT2D eigenvalue weighted by atomic mass is 9.39. The first-order valence-corrected chi connectivity index (χ1v) is 13.9. The third-order valence-electron chi connectivity index (χ3n) is 10.7. The van der Waals surface area contributed by atoms with E-state index in [-0.39, 0.29) is 29.5 Å². The number of halogens is 1. The number of carbonyl (C=O) groups is 1. The van der Waals surface area contributed by atoms with Crippen molar-refractivity contribution in [1.82, 2.24) is 0 Å². The minimum absolute atomic E-state index is 0.00804. The Bertz CT molecular complexity index is 973. The summed E-state index contributed by atoms with van der Waals surface area (Å²) in [5.41, 5.74) is -0.0706. The van der Waals surface area contributed by atoms with Crippen LogP contribution in [0.1, 0.15) is 76.6 Å². The summed E-state index contributed by atoms with van der Waals surface area (Å²) < 4.78 is 12.3. The molecule has 3 aliphatic carbocycles. The maximum atomic E-state index is 13.5. The number of anilines is 1. The number of aliphatic hydroxyl groups is 2. The van der Waals surface area contributed by atoms with Crippen LogP contribution in [-0.4, -0.2) is 54.8 Å². The predicted molar refractivity (Wildman–Crippen MR) is 142 cm³/mol. The van der Waals surface area contributed by atoms with Crippen molar-refractivity contribution in [2.24, 2.45) is 34.5 Å². The monoisotopic (exact) mass is 521 g/mol. The molecule has 4 rings (SSSR count). The normalized spacial score (nSPS) is 42.2. The van der Waals surface area contributed by atoms with Crippen molar-refractivity contribution in [2.75, 3.05) is 26.1 Å². The number of rotatable bonds is 6. The topological polar surface area (TPSA) is 88.0 Å². The molecule has 9 atom stereocenters. The molecule has 3 fully saturated rings. The van der Waals surface area contributed by atoms with E-state index >= 15 is 0 Å². The molecule has 0 heterocycles. The molecule has 6 nitrogen and oxygen atoms in total. The van der Waals surface area contributed by atoms with Crippen LogP contribution in [0.3, 0.4) is 0 Å². The number of benzene rings is 1. The molecule has 0 aliphatic heterocycles. The summed E-state index contributed by atoms with van der Waals surface area (Å²) in [6.07, 6.45) is 4.40. The predicted octanol–water partition coefficient (Wildman–Crippen LogP) is 5.54. The molecule has 3 saturated carbocycles. The molecular formula is C29H44ClNO5. The van der Waals surface area contributed by atoms with Crippen molar-refractivity contribution in [1.29, 1.82) is 0 Å². The van der Waals surface area contributed by atoms with Crippen molar-refractivity contribution >= 4 is 23.3 Å². The van der Waals surface area contributed by atoms with Gasteiger partial charge in [0.25, 0.3) is 0 Å². The van der Waals surface area contributed by atoms with Crippen molar-refractivity contribution in [3.63, 3.8) is 0 Å². The highest BCUT2D eigenvalue weighted by Crippen LogP contribution is 2.68. The summed E-state index contributed by atoms with van der Waals surface area (Å²) >= 11 is 6.21. The minimum Gasteiger partial charge on any atom is -0.453 e. The summed E-state index contributed by atoms with van der Waals surface area (Å²) in [7, 11) is 3.55. The highest BCUT2D eigenvalue weighted by molar-refractivity contribution is 6.31. The molecule has 0 aromatic heterocycles. The molecule has 7 heteroatoms. The second-order valence-electron chi connectivity index (χ2n) is 12.2. The molecule has 1 aromatic carbocycles. The quantitative estimate of drug-likeness (QED) is 0.426. The second kappa shape index (κ2) is 10.1. The number of fused-ring (bicyclic) bond motifs is 3. The molecule has 1 aromatic rings. The van der Waals surface area contributed by atoms with E-state index in [4.69, 9.17) is 21.1 Å². The van der Waals surface area contributed by atoms with Gasteiger partial charge in [-0.2, -0.15) is 0 Å². The Morgan fingerprint density at radius 3 is 2.50 bits per heavy atom. The van der Waals surface area contributed by atoms with Crippen LogP contribution in [0.25, 0.3) is 0 Å². The molecule has 0 saturated heterocycles. The molecule has 0 amide bonds. The van der Waals surface area contributed by atoms with Gasteiger partial charge in [-0.25, -0.2) is 4.79 Å². The largest absolute Gasteiger partial charge is 0.453 e. The first kappa shape index (κ1) is 27.7. The van der Waals surface area contributed by atoms with Crippen LogP contribution in [0.4, 0.5) is 5.69 Å². The highest BCUT2D eigenvalue weighted by Gasteiger charge is 2.66. The SMILES string of the molecule is CNc1ccc(Cl)cc1C(=O)O[C@@]1(C)C2CC[C@]3(C)C(C[C@H](OC)[C@@H](C)[C@@H]3CCO)[C@@]2(C)CC[C@@H]1O. The first-order valence-electron chi connectivity index (χ1n) is 13.5. The van der Waals surface area contributed by atoms with Crippen LogP contribution in [0.15, 0.2) is 18.2 Å². The van der Waals surface area contributed by atoms with Crippen LogP contribution in [0.2, 0.25) is 5.02 Å². The Balaban J connectivity index is 1.71. The van der Waals surface area contributed by atoms with Crippen molar-refractivity contribution in [3.8, 4) is 0 Å². The lowest BCUT2D eigenvalue weighted by molar-refractivity contribution is -0.244. The summed E-state index contributed by atoms with van der Waals surface area (Å²) in [5.74, 6) is 0.602. The van der Waals surface area contributed by atoms with Gasteiger partial charge in [0.1, 0.15) is 5.60 Å². The number of ether oxygens (including phenoxy) is 2. The summed E-state index contributed by atoms with van der Waals surface area (Å²) in [6, 6.07) is 5.13.